The van der Waals surface area contributed by atoms with Gasteiger partial charge in [0.2, 0.25) is 0 Å². The summed E-state index contributed by atoms with van der Waals surface area (Å²) < 4.78 is 7.64. The van der Waals surface area contributed by atoms with E-state index in [1.165, 1.54) is 11.1 Å². The number of aromatic nitrogens is 3. The van der Waals surface area contributed by atoms with Gasteiger partial charge in [0.15, 0.2) is 5.96 Å². The highest BCUT2D eigenvalue weighted by atomic mass is 16.5. The molecular weight excluding hydrogens is 352 g/mol. The molecule has 0 spiro atoms. The number of hydrogen-bond acceptors (Lipinski definition) is 4. The van der Waals surface area contributed by atoms with E-state index in [1.807, 2.05) is 11.6 Å². The Balaban J connectivity index is 1.90. The molecule has 0 bridgehead atoms. The van der Waals surface area contributed by atoms with Gasteiger partial charge in [-0.2, -0.15) is 5.10 Å². The zero-order chi connectivity index (χ0) is 20.2. The maximum Gasteiger partial charge on any atom is 0.191 e. The Morgan fingerprint density at radius 2 is 2.04 bits per heavy atom. The molecule has 1 aromatic heterocycles. The molecule has 0 aliphatic rings. The molecule has 0 aliphatic carbocycles. The van der Waals surface area contributed by atoms with Crippen molar-refractivity contribution in [2.24, 2.45) is 10.9 Å². The third-order valence-electron chi connectivity index (χ3n) is 4.41. The average Bonchev–Trinajstić information content (AvgIpc) is 3.18. The fraction of sp³-hybridized carbons (Fsp3) is 0.571. The fourth-order valence-electron chi connectivity index (χ4n) is 3.00. The van der Waals surface area contributed by atoms with Gasteiger partial charge in [0.05, 0.1) is 19.2 Å². The van der Waals surface area contributed by atoms with Gasteiger partial charge in [-0.15, -0.1) is 0 Å². The van der Waals surface area contributed by atoms with E-state index < -0.39 is 0 Å². The van der Waals surface area contributed by atoms with Gasteiger partial charge in [-0.1, -0.05) is 38.1 Å². The first-order chi connectivity index (χ1) is 13.6. The number of benzene rings is 1. The highest BCUT2D eigenvalue weighted by molar-refractivity contribution is 5.79. The van der Waals surface area contributed by atoms with Crippen LogP contribution in [0.15, 0.2) is 41.9 Å². The summed E-state index contributed by atoms with van der Waals surface area (Å²) in [4.78, 5) is 8.72. The summed E-state index contributed by atoms with van der Waals surface area (Å²) in [6.45, 7) is 12.3. The Morgan fingerprint density at radius 1 is 1.21 bits per heavy atom. The summed E-state index contributed by atoms with van der Waals surface area (Å²) >= 11 is 0. The number of nitrogens with zero attached hydrogens (tertiary/aromatic N) is 4. The van der Waals surface area contributed by atoms with Crippen molar-refractivity contribution in [1.29, 1.82) is 0 Å². The lowest BCUT2D eigenvalue weighted by molar-refractivity contribution is 0.0258. The predicted octanol–water partition coefficient (Wildman–Crippen LogP) is 2.83. The van der Waals surface area contributed by atoms with Crippen LogP contribution in [0.4, 0.5) is 0 Å². The molecule has 0 saturated carbocycles. The SMILES string of the molecule is CCNC(=NCc1cccc(Cn2cncn2)c1)NCCC(OCC)C(C)C. The van der Waals surface area contributed by atoms with E-state index >= 15 is 0 Å². The molecule has 1 atom stereocenters. The molecule has 7 heteroatoms. The molecule has 7 nitrogen and oxygen atoms in total. The summed E-state index contributed by atoms with van der Waals surface area (Å²) in [7, 11) is 0. The first kappa shape index (κ1) is 21.9. The van der Waals surface area contributed by atoms with Crippen LogP contribution < -0.4 is 10.6 Å². The van der Waals surface area contributed by atoms with Gasteiger partial charge in [-0.05, 0) is 37.3 Å². The van der Waals surface area contributed by atoms with Crippen LogP contribution in [0.25, 0.3) is 0 Å². The van der Waals surface area contributed by atoms with Gasteiger partial charge in [-0.25, -0.2) is 14.7 Å². The summed E-state index contributed by atoms with van der Waals surface area (Å²) in [5.74, 6) is 1.34. The van der Waals surface area contributed by atoms with Crippen molar-refractivity contribution >= 4 is 5.96 Å². The minimum Gasteiger partial charge on any atom is -0.378 e. The molecule has 0 radical (unpaired) electrons. The number of nitrogens with one attached hydrogen (secondary N) is 2. The van der Waals surface area contributed by atoms with Crippen LogP contribution in [-0.4, -0.2) is 46.5 Å². The molecule has 28 heavy (non-hydrogen) atoms. The first-order valence-corrected chi connectivity index (χ1v) is 10.2. The normalized spacial score (nSPS) is 13.0. The van der Waals surface area contributed by atoms with E-state index in [9.17, 15) is 0 Å². The van der Waals surface area contributed by atoms with Crippen LogP contribution in [0.5, 0.6) is 0 Å². The zero-order valence-electron chi connectivity index (χ0n) is 17.6. The Kier molecular flexibility index (Phi) is 9.48. The Hall–Kier alpha value is -2.41. The lowest BCUT2D eigenvalue weighted by atomic mass is 10.0. The molecule has 2 rings (SSSR count). The van der Waals surface area contributed by atoms with Crippen LogP contribution in [-0.2, 0) is 17.8 Å². The van der Waals surface area contributed by atoms with Gasteiger partial charge < -0.3 is 15.4 Å². The van der Waals surface area contributed by atoms with Gasteiger partial charge in [-0.3, -0.25) is 0 Å². The number of aliphatic imine (C=N–C) groups is 1. The highest BCUT2D eigenvalue weighted by Gasteiger charge is 2.12. The smallest absolute Gasteiger partial charge is 0.191 e. The summed E-state index contributed by atoms with van der Waals surface area (Å²) in [6, 6.07) is 8.42. The van der Waals surface area contributed by atoms with Crippen LogP contribution in [0.2, 0.25) is 0 Å². The second-order valence-electron chi connectivity index (χ2n) is 7.06. The molecule has 2 N–H and O–H groups in total. The zero-order valence-corrected chi connectivity index (χ0v) is 17.6. The van der Waals surface area contributed by atoms with E-state index in [4.69, 9.17) is 9.73 Å². The minimum atomic E-state index is 0.272. The maximum atomic E-state index is 5.82. The standard InChI is InChI=1S/C21H34N6O/c1-5-23-21(24-11-10-20(17(3)4)28-6-2)25-13-18-8-7-9-19(12-18)14-27-16-22-15-26-27/h7-9,12,15-17,20H,5-6,10-11,13-14H2,1-4H3,(H2,23,24,25). The molecule has 0 aliphatic heterocycles. The largest absolute Gasteiger partial charge is 0.378 e. The molecule has 2 aromatic rings. The van der Waals surface area contributed by atoms with Crippen molar-refractivity contribution in [2.75, 3.05) is 19.7 Å². The van der Waals surface area contributed by atoms with Crippen LogP contribution >= 0.6 is 0 Å². The van der Waals surface area contributed by atoms with Crippen molar-refractivity contribution in [1.82, 2.24) is 25.4 Å². The van der Waals surface area contributed by atoms with Crippen molar-refractivity contribution in [3.8, 4) is 0 Å². The Labute approximate surface area is 168 Å². The van der Waals surface area contributed by atoms with Crippen LogP contribution in [0.1, 0.15) is 45.2 Å². The van der Waals surface area contributed by atoms with Gasteiger partial charge in [0.25, 0.3) is 0 Å². The molecule has 0 saturated heterocycles. The second-order valence-corrected chi connectivity index (χ2v) is 7.06. The van der Waals surface area contributed by atoms with E-state index in [0.29, 0.717) is 19.0 Å². The number of rotatable bonds is 11. The molecule has 0 fully saturated rings. The third kappa shape index (κ3) is 7.68. The fourth-order valence-corrected chi connectivity index (χ4v) is 3.00. The molecule has 1 aromatic carbocycles. The van der Waals surface area contributed by atoms with Crippen molar-refractivity contribution in [2.45, 2.75) is 53.3 Å². The monoisotopic (exact) mass is 386 g/mol. The first-order valence-electron chi connectivity index (χ1n) is 10.2. The lowest BCUT2D eigenvalue weighted by Gasteiger charge is -2.21. The maximum absolute atomic E-state index is 5.82. The van der Waals surface area contributed by atoms with Gasteiger partial charge in [0.1, 0.15) is 12.7 Å². The number of hydrogen-bond donors (Lipinski definition) is 2. The average molecular weight is 387 g/mol. The number of guanidine groups is 1. The summed E-state index contributed by atoms with van der Waals surface area (Å²) in [6.07, 6.45) is 4.51. The highest BCUT2D eigenvalue weighted by Crippen LogP contribution is 2.10. The molecule has 1 unspecified atom stereocenters. The van der Waals surface area contributed by atoms with Crippen molar-refractivity contribution < 1.29 is 4.74 Å². The Morgan fingerprint density at radius 3 is 2.71 bits per heavy atom. The summed E-state index contributed by atoms with van der Waals surface area (Å²) in [5, 5.41) is 10.9. The summed E-state index contributed by atoms with van der Waals surface area (Å²) in [5.41, 5.74) is 2.36. The van der Waals surface area contributed by atoms with Crippen LogP contribution in [0.3, 0.4) is 0 Å². The molecule has 0 amide bonds. The quantitative estimate of drug-likeness (QED) is 0.459. The van der Waals surface area contributed by atoms with Gasteiger partial charge in [0, 0.05) is 19.7 Å². The van der Waals surface area contributed by atoms with Crippen molar-refractivity contribution in [3.05, 3.63) is 48.0 Å². The van der Waals surface area contributed by atoms with E-state index in [-0.39, 0.29) is 6.10 Å². The molecule has 1 heterocycles. The van der Waals surface area contributed by atoms with E-state index in [0.717, 1.165) is 32.1 Å². The van der Waals surface area contributed by atoms with E-state index in [1.54, 1.807) is 12.7 Å². The predicted molar refractivity (Wildman–Crippen MR) is 113 cm³/mol. The Bertz CT molecular complexity index is 699. The third-order valence-corrected chi connectivity index (χ3v) is 4.41. The topological polar surface area (TPSA) is 76.4 Å². The number of ether oxygens (including phenoxy) is 1. The van der Waals surface area contributed by atoms with E-state index in [2.05, 4.69) is 65.8 Å². The van der Waals surface area contributed by atoms with Crippen molar-refractivity contribution in [3.63, 3.8) is 0 Å². The van der Waals surface area contributed by atoms with Crippen LogP contribution in [0, 0.1) is 5.92 Å². The minimum absolute atomic E-state index is 0.272. The molecular formula is C21H34N6O. The second kappa shape index (κ2) is 12.1. The molecule has 154 valence electrons. The van der Waals surface area contributed by atoms with Gasteiger partial charge >= 0.3 is 0 Å². The lowest BCUT2D eigenvalue weighted by Crippen LogP contribution is -2.39.